The zero-order valence-corrected chi connectivity index (χ0v) is 10.9. The van der Waals surface area contributed by atoms with Crippen LogP contribution in [0.3, 0.4) is 0 Å². The first-order valence-electron chi connectivity index (χ1n) is 5.56. The van der Waals surface area contributed by atoms with E-state index in [9.17, 15) is 0 Å². The molecule has 1 rings (SSSR count). The predicted octanol–water partition coefficient (Wildman–Crippen LogP) is 1.24. The fourth-order valence-corrected chi connectivity index (χ4v) is 1.91. The van der Waals surface area contributed by atoms with E-state index in [-0.39, 0.29) is 5.84 Å². The first kappa shape index (κ1) is 14.4. The average molecular weight is 263 g/mol. The van der Waals surface area contributed by atoms with E-state index in [1.54, 1.807) is 11.8 Å². The van der Waals surface area contributed by atoms with Crippen molar-refractivity contribution in [3.8, 4) is 12.3 Å². The van der Waals surface area contributed by atoms with E-state index in [0.29, 0.717) is 5.56 Å². The Labute approximate surface area is 112 Å². The van der Waals surface area contributed by atoms with Gasteiger partial charge in [0.2, 0.25) is 0 Å². The molecule has 0 aromatic heterocycles. The Morgan fingerprint density at radius 3 is 2.78 bits per heavy atom. The van der Waals surface area contributed by atoms with Crippen molar-refractivity contribution < 1.29 is 5.21 Å². The summed E-state index contributed by atoms with van der Waals surface area (Å²) in [5, 5.41) is 14.8. The van der Waals surface area contributed by atoms with E-state index in [1.165, 1.54) is 0 Å². The van der Waals surface area contributed by atoms with Crippen molar-refractivity contribution in [1.82, 2.24) is 5.32 Å². The molecule has 0 saturated heterocycles. The van der Waals surface area contributed by atoms with Gasteiger partial charge in [-0.3, -0.25) is 0 Å². The van der Waals surface area contributed by atoms with E-state index in [4.69, 9.17) is 17.4 Å². The van der Waals surface area contributed by atoms with Crippen LogP contribution in [0.4, 0.5) is 0 Å². The third kappa shape index (κ3) is 5.13. The molecule has 0 radical (unpaired) electrons. The molecule has 0 atom stereocenters. The van der Waals surface area contributed by atoms with E-state index >= 15 is 0 Å². The monoisotopic (exact) mass is 263 g/mol. The quantitative estimate of drug-likeness (QED) is 0.173. The van der Waals surface area contributed by atoms with Crippen LogP contribution in [0, 0.1) is 12.3 Å². The second-order valence-corrected chi connectivity index (χ2v) is 4.72. The van der Waals surface area contributed by atoms with Crippen molar-refractivity contribution in [3.63, 3.8) is 0 Å². The molecule has 0 aliphatic heterocycles. The Hall–Kier alpha value is -1.64. The number of thioether (sulfide) groups is 1. The van der Waals surface area contributed by atoms with Gasteiger partial charge in [-0.1, -0.05) is 35.3 Å². The van der Waals surface area contributed by atoms with Crippen molar-refractivity contribution in [2.45, 2.75) is 6.54 Å². The van der Waals surface area contributed by atoms with Crippen molar-refractivity contribution in [1.29, 1.82) is 0 Å². The maximum atomic E-state index is 8.54. The Bertz CT molecular complexity index is 423. The van der Waals surface area contributed by atoms with E-state index in [1.807, 2.05) is 24.3 Å². The summed E-state index contributed by atoms with van der Waals surface area (Å²) in [4.78, 5) is 0. The van der Waals surface area contributed by atoms with Crippen LogP contribution in [-0.4, -0.2) is 29.1 Å². The molecule has 0 saturated carbocycles. The van der Waals surface area contributed by atoms with E-state index in [0.717, 1.165) is 30.2 Å². The number of hydrogen-bond donors (Lipinski definition) is 3. The van der Waals surface area contributed by atoms with Crippen LogP contribution in [0.15, 0.2) is 29.4 Å². The molecular weight excluding hydrogens is 246 g/mol. The zero-order valence-electron chi connectivity index (χ0n) is 10.1. The Morgan fingerprint density at radius 1 is 1.44 bits per heavy atom. The fraction of sp³-hybridized carbons (Fsp3) is 0.308. The van der Waals surface area contributed by atoms with Crippen molar-refractivity contribution in [2.75, 3.05) is 18.1 Å². The summed E-state index contributed by atoms with van der Waals surface area (Å²) in [5.74, 6) is 4.48. The number of rotatable bonds is 7. The number of oxime groups is 1. The smallest absolute Gasteiger partial charge is 0.170 e. The van der Waals surface area contributed by atoms with Gasteiger partial charge in [-0.2, -0.15) is 0 Å². The van der Waals surface area contributed by atoms with Gasteiger partial charge in [0.15, 0.2) is 5.84 Å². The van der Waals surface area contributed by atoms with Gasteiger partial charge in [-0.15, -0.1) is 18.2 Å². The summed E-state index contributed by atoms with van der Waals surface area (Å²) in [5.41, 5.74) is 7.35. The number of nitrogens with zero attached hydrogens (tertiary/aromatic N) is 1. The highest BCUT2D eigenvalue weighted by Crippen LogP contribution is 2.04. The van der Waals surface area contributed by atoms with Gasteiger partial charge >= 0.3 is 0 Å². The van der Waals surface area contributed by atoms with Crippen LogP contribution < -0.4 is 11.1 Å². The summed E-state index contributed by atoms with van der Waals surface area (Å²) < 4.78 is 0. The van der Waals surface area contributed by atoms with E-state index < -0.39 is 0 Å². The Kier molecular flexibility index (Phi) is 6.77. The molecule has 0 amide bonds. The first-order valence-corrected chi connectivity index (χ1v) is 6.72. The Morgan fingerprint density at radius 2 is 2.17 bits per heavy atom. The molecule has 18 heavy (non-hydrogen) atoms. The largest absolute Gasteiger partial charge is 0.409 e. The molecule has 0 unspecified atom stereocenters. The molecule has 4 N–H and O–H groups in total. The molecule has 0 heterocycles. The SMILES string of the molecule is C#CCSCCNCc1ccc(/C(N)=N\O)cc1. The minimum atomic E-state index is 0.125. The van der Waals surface area contributed by atoms with Crippen molar-refractivity contribution in [2.24, 2.45) is 10.9 Å². The molecule has 0 spiro atoms. The van der Waals surface area contributed by atoms with Gasteiger partial charge in [-0.25, -0.2) is 0 Å². The summed E-state index contributed by atoms with van der Waals surface area (Å²) >= 11 is 1.74. The van der Waals surface area contributed by atoms with Crippen LogP contribution in [0.25, 0.3) is 0 Å². The topological polar surface area (TPSA) is 70.6 Å². The molecular formula is C13H17N3OS. The van der Waals surface area contributed by atoms with Crippen molar-refractivity contribution in [3.05, 3.63) is 35.4 Å². The highest BCUT2D eigenvalue weighted by Gasteiger charge is 1.98. The summed E-state index contributed by atoms with van der Waals surface area (Å²) in [6, 6.07) is 7.57. The van der Waals surface area contributed by atoms with Gasteiger partial charge in [0.25, 0.3) is 0 Å². The number of benzene rings is 1. The lowest BCUT2D eigenvalue weighted by Gasteiger charge is -2.05. The van der Waals surface area contributed by atoms with Crippen LogP contribution in [0.1, 0.15) is 11.1 Å². The fourth-order valence-electron chi connectivity index (χ4n) is 1.36. The Balaban J connectivity index is 2.29. The standard InChI is InChI=1S/C13H17N3OS/c1-2-8-18-9-7-15-10-11-3-5-12(6-4-11)13(14)16-17/h1,3-6,15,17H,7-10H2,(H2,14,16). The molecule has 0 bridgehead atoms. The highest BCUT2D eigenvalue weighted by molar-refractivity contribution is 7.99. The molecule has 1 aromatic carbocycles. The summed E-state index contributed by atoms with van der Waals surface area (Å²) in [6.45, 7) is 1.72. The van der Waals surface area contributed by atoms with Gasteiger partial charge in [0, 0.05) is 24.4 Å². The number of terminal acetylenes is 1. The van der Waals surface area contributed by atoms with Crippen LogP contribution in [0.5, 0.6) is 0 Å². The highest BCUT2D eigenvalue weighted by atomic mass is 32.2. The maximum absolute atomic E-state index is 8.54. The van der Waals surface area contributed by atoms with Crippen LogP contribution in [-0.2, 0) is 6.54 Å². The lowest BCUT2D eigenvalue weighted by atomic mass is 10.1. The zero-order chi connectivity index (χ0) is 13.2. The average Bonchev–Trinajstić information content (AvgIpc) is 2.42. The van der Waals surface area contributed by atoms with Gasteiger partial charge in [-0.05, 0) is 5.56 Å². The molecule has 4 nitrogen and oxygen atoms in total. The maximum Gasteiger partial charge on any atom is 0.170 e. The first-order chi connectivity index (χ1) is 8.77. The minimum Gasteiger partial charge on any atom is -0.409 e. The van der Waals surface area contributed by atoms with Gasteiger partial charge < -0.3 is 16.3 Å². The molecule has 0 aliphatic carbocycles. The number of nitrogens with one attached hydrogen (secondary N) is 1. The molecule has 5 heteroatoms. The third-order valence-corrected chi connectivity index (χ3v) is 3.16. The van der Waals surface area contributed by atoms with Crippen molar-refractivity contribution >= 4 is 17.6 Å². The lowest BCUT2D eigenvalue weighted by molar-refractivity contribution is 0.318. The number of hydrogen-bond acceptors (Lipinski definition) is 4. The minimum absolute atomic E-state index is 0.125. The number of amidine groups is 1. The van der Waals surface area contributed by atoms with E-state index in [2.05, 4.69) is 16.4 Å². The predicted molar refractivity (Wildman–Crippen MR) is 76.8 cm³/mol. The van der Waals surface area contributed by atoms with Gasteiger partial charge in [0.05, 0.1) is 5.75 Å². The second-order valence-electron chi connectivity index (χ2n) is 3.62. The third-order valence-electron chi connectivity index (χ3n) is 2.30. The molecule has 1 aromatic rings. The molecule has 96 valence electrons. The van der Waals surface area contributed by atoms with Gasteiger partial charge in [0.1, 0.15) is 0 Å². The normalized spacial score (nSPS) is 11.2. The van der Waals surface area contributed by atoms with Crippen LogP contribution >= 0.6 is 11.8 Å². The summed E-state index contributed by atoms with van der Waals surface area (Å²) in [6.07, 6.45) is 5.16. The number of nitrogens with two attached hydrogens (primary N) is 1. The van der Waals surface area contributed by atoms with Crippen LogP contribution in [0.2, 0.25) is 0 Å². The second kappa shape index (κ2) is 8.45. The molecule has 0 fully saturated rings. The summed E-state index contributed by atoms with van der Waals surface area (Å²) in [7, 11) is 0. The lowest BCUT2D eigenvalue weighted by Crippen LogP contribution is -2.17. The molecule has 0 aliphatic rings.